The Balaban J connectivity index is 1.81. The fourth-order valence-corrected chi connectivity index (χ4v) is 2.46. The number of nitrogen functional groups attached to an aromatic ring is 1. The molecule has 2 rings (SSSR count). The molecule has 0 aliphatic carbocycles. The summed E-state index contributed by atoms with van der Waals surface area (Å²) in [6, 6.07) is 4.97. The van der Waals surface area contributed by atoms with Crippen molar-refractivity contribution in [3.8, 4) is 0 Å². The molecule has 0 bridgehead atoms. The second-order valence-corrected chi connectivity index (χ2v) is 5.92. The highest BCUT2D eigenvalue weighted by Gasteiger charge is 2.06. The number of aryl methyl sites for hydroxylation is 1. The van der Waals surface area contributed by atoms with Crippen molar-refractivity contribution < 1.29 is 4.79 Å². The highest BCUT2D eigenvalue weighted by molar-refractivity contribution is 7.99. The van der Waals surface area contributed by atoms with Gasteiger partial charge in [-0.25, -0.2) is 9.97 Å². The third-order valence-electron chi connectivity index (χ3n) is 2.61. The Kier molecular flexibility index (Phi) is 5.41. The Bertz CT molecular complexity index is 633. The highest BCUT2D eigenvalue weighted by atomic mass is 35.5. The quantitative estimate of drug-likeness (QED) is 0.502. The minimum Gasteiger partial charge on any atom is -0.397 e. The molecule has 0 spiro atoms. The first-order valence-electron chi connectivity index (χ1n) is 6.31. The van der Waals surface area contributed by atoms with Crippen LogP contribution in [0.3, 0.4) is 0 Å². The third-order valence-corrected chi connectivity index (χ3v) is 3.72. The molecular formula is C14H15ClN4OS. The number of amides is 1. The smallest absolute Gasteiger partial charge is 0.225 e. The van der Waals surface area contributed by atoms with Crippen molar-refractivity contribution in [3.63, 3.8) is 0 Å². The van der Waals surface area contributed by atoms with Crippen molar-refractivity contribution in [3.05, 3.63) is 41.2 Å². The van der Waals surface area contributed by atoms with Crippen LogP contribution in [0, 0.1) is 6.92 Å². The van der Waals surface area contributed by atoms with Gasteiger partial charge < -0.3 is 11.1 Å². The van der Waals surface area contributed by atoms with Crippen molar-refractivity contribution in [2.45, 2.75) is 18.5 Å². The summed E-state index contributed by atoms with van der Waals surface area (Å²) < 4.78 is 0. The lowest BCUT2D eigenvalue weighted by molar-refractivity contribution is -0.115. The van der Waals surface area contributed by atoms with Gasteiger partial charge in [-0.05, 0) is 30.7 Å². The molecule has 0 aliphatic heterocycles. The molecule has 0 atom stereocenters. The van der Waals surface area contributed by atoms with Crippen LogP contribution < -0.4 is 11.1 Å². The monoisotopic (exact) mass is 322 g/mol. The molecule has 1 heterocycles. The summed E-state index contributed by atoms with van der Waals surface area (Å²) in [6.07, 6.45) is 3.86. The lowest BCUT2D eigenvalue weighted by atomic mass is 10.2. The van der Waals surface area contributed by atoms with Crippen LogP contribution in [-0.2, 0) is 4.79 Å². The van der Waals surface area contributed by atoms with Gasteiger partial charge in [0.2, 0.25) is 5.91 Å². The number of nitrogens with two attached hydrogens (primary N) is 1. The average molecular weight is 323 g/mol. The second kappa shape index (κ2) is 7.28. The van der Waals surface area contributed by atoms with Crippen LogP contribution >= 0.6 is 23.4 Å². The molecule has 0 unspecified atom stereocenters. The van der Waals surface area contributed by atoms with Crippen molar-refractivity contribution in [1.29, 1.82) is 0 Å². The largest absolute Gasteiger partial charge is 0.397 e. The van der Waals surface area contributed by atoms with E-state index in [9.17, 15) is 4.79 Å². The van der Waals surface area contributed by atoms with Gasteiger partial charge in [0.15, 0.2) is 5.16 Å². The van der Waals surface area contributed by atoms with Gasteiger partial charge in [0.1, 0.15) is 0 Å². The molecule has 110 valence electrons. The van der Waals surface area contributed by atoms with E-state index in [4.69, 9.17) is 17.3 Å². The number of benzene rings is 1. The van der Waals surface area contributed by atoms with Gasteiger partial charge in [-0.2, -0.15) is 0 Å². The molecule has 0 fully saturated rings. The van der Waals surface area contributed by atoms with Crippen LogP contribution in [0.25, 0.3) is 0 Å². The zero-order chi connectivity index (χ0) is 15.2. The minimum absolute atomic E-state index is 0.108. The summed E-state index contributed by atoms with van der Waals surface area (Å²) in [5.41, 5.74) is 7.81. The van der Waals surface area contributed by atoms with Crippen molar-refractivity contribution in [2.75, 3.05) is 16.8 Å². The van der Waals surface area contributed by atoms with Gasteiger partial charge >= 0.3 is 0 Å². The first-order chi connectivity index (χ1) is 10.0. The molecule has 0 saturated carbocycles. The number of hydrogen-bond acceptors (Lipinski definition) is 5. The van der Waals surface area contributed by atoms with E-state index in [1.807, 2.05) is 6.92 Å². The number of carbonyl (C=O) groups is 1. The molecule has 3 N–H and O–H groups in total. The first kappa shape index (κ1) is 15.6. The van der Waals surface area contributed by atoms with Crippen LogP contribution in [0.15, 0.2) is 35.7 Å². The number of nitrogens with zero attached hydrogens (tertiary/aromatic N) is 2. The predicted octanol–water partition coefficient (Wildman–Crippen LogP) is 3.14. The summed E-state index contributed by atoms with van der Waals surface area (Å²) in [5, 5.41) is 3.96. The molecule has 2 aromatic rings. The predicted molar refractivity (Wildman–Crippen MR) is 86.6 cm³/mol. The van der Waals surface area contributed by atoms with Gasteiger partial charge in [0.05, 0.1) is 11.4 Å². The van der Waals surface area contributed by atoms with Gasteiger partial charge in [-0.3, -0.25) is 4.79 Å². The Morgan fingerprint density at radius 3 is 2.76 bits per heavy atom. The van der Waals surface area contributed by atoms with E-state index in [1.165, 1.54) is 11.8 Å². The second-order valence-electron chi connectivity index (χ2n) is 4.42. The highest BCUT2D eigenvalue weighted by Crippen LogP contribution is 2.23. The fourth-order valence-electron chi connectivity index (χ4n) is 1.55. The Morgan fingerprint density at radius 1 is 1.38 bits per heavy atom. The standard InChI is InChI=1S/C14H15ClN4OS/c1-9-7-17-14(18-8-9)21-5-4-13(20)19-12-3-2-10(15)6-11(12)16/h2-3,6-8H,4-5,16H2,1H3,(H,19,20). The van der Waals surface area contributed by atoms with Crippen LogP contribution in [0.1, 0.15) is 12.0 Å². The topological polar surface area (TPSA) is 80.9 Å². The number of anilines is 2. The summed E-state index contributed by atoms with van der Waals surface area (Å²) in [4.78, 5) is 20.2. The van der Waals surface area contributed by atoms with E-state index in [0.717, 1.165) is 5.56 Å². The number of carbonyl (C=O) groups excluding carboxylic acids is 1. The Hall–Kier alpha value is -1.79. The number of halogens is 1. The SMILES string of the molecule is Cc1cnc(SCCC(=O)Nc2ccc(Cl)cc2N)nc1. The number of hydrogen-bond donors (Lipinski definition) is 2. The van der Waals surface area contributed by atoms with Gasteiger partial charge in [0.25, 0.3) is 0 Å². The maximum absolute atomic E-state index is 11.8. The van der Waals surface area contributed by atoms with Crippen LogP contribution in [0.5, 0.6) is 0 Å². The summed E-state index contributed by atoms with van der Waals surface area (Å²) in [6.45, 7) is 1.93. The zero-order valence-electron chi connectivity index (χ0n) is 11.5. The Morgan fingerprint density at radius 2 is 2.10 bits per heavy atom. The fraction of sp³-hybridized carbons (Fsp3) is 0.214. The van der Waals surface area contributed by atoms with E-state index in [-0.39, 0.29) is 5.91 Å². The number of nitrogens with one attached hydrogen (secondary N) is 1. The molecule has 0 saturated heterocycles. The minimum atomic E-state index is -0.108. The third kappa shape index (κ3) is 4.91. The van der Waals surface area contributed by atoms with Crippen LogP contribution in [0.4, 0.5) is 11.4 Å². The molecule has 0 radical (unpaired) electrons. The maximum Gasteiger partial charge on any atom is 0.225 e. The molecule has 1 aromatic heterocycles. The van der Waals surface area contributed by atoms with Gasteiger partial charge in [0, 0.05) is 29.6 Å². The number of thioether (sulfide) groups is 1. The number of aromatic nitrogens is 2. The van der Waals surface area contributed by atoms with Crippen molar-refractivity contribution >= 4 is 40.6 Å². The molecular weight excluding hydrogens is 308 g/mol. The molecule has 1 amide bonds. The molecule has 0 aliphatic rings. The Labute approximate surface area is 132 Å². The zero-order valence-corrected chi connectivity index (χ0v) is 13.0. The summed E-state index contributed by atoms with van der Waals surface area (Å²) >= 11 is 7.25. The normalized spacial score (nSPS) is 10.4. The van der Waals surface area contributed by atoms with Crippen molar-refractivity contribution in [2.24, 2.45) is 0 Å². The molecule has 1 aromatic carbocycles. The van der Waals surface area contributed by atoms with Crippen LogP contribution in [-0.4, -0.2) is 21.6 Å². The lowest BCUT2D eigenvalue weighted by Crippen LogP contribution is -2.13. The van der Waals surface area contributed by atoms with E-state index in [0.29, 0.717) is 33.7 Å². The maximum atomic E-state index is 11.8. The average Bonchev–Trinajstić information content (AvgIpc) is 2.44. The summed E-state index contributed by atoms with van der Waals surface area (Å²) in [5.74, 6) is 0.492. The van der Waals surface area contributed by atoms with E-state index < -0.39 is 0 Å². The van der Waals surface area contributed by atoms with E-state index >= 15 is 0 Å². The van der Waals surface area contributed by atoms with Gasteiger partial charge in [-0.1, -0.05) is 23.4 Å². The molecule has 7 heteroatoms. The van der Waals surface area contributed by atoms with E-state index in [1.54, 1.807) is 30.6 Å². The van der Waals surface area contributed by atoms with Crippen molar-refractivity contribution in [1.82, 2.24) is 9.97 Å². The molecule has 21 heavy (non-hydrogen) atoms. The summed E-state index contributed by atoms with van der Waals surface area (Å²) in [7, 11) is 0. The van der Waals surface area contributed by atoms with E-state index in [2.05, 4.69) is 15.3 Å². The van der Waals surface area contributed by atoms with Gasteiger partial charge in [-0.15, -0.1) is 0 Å². The lowest BCUT2D eigenvalue weighted by Gasteiger charge is -2.08. The molecule has 5 nitrogen and oxygen atoms in total. The first-order valence-corrected chi connectivity index (χ1v) is 7.67. The number of rotatable bonds is 5. The van der Waals surface area contributed by atoms with Crippen LogP contribution in [0.2, 0.25) is 5.02 Å².